The number of hydrogen-bond acceptors (Lipinski definition) is 2. The molecule has 0 amide bonds. The number of hydrogen-bond donors (Lipinski definition) is 1. The van der Waals surface area contributed by atoms with E-state index in [1.807, 2.05) is 6.07 Å². The number of nitrogens with two attached hydrogens (primary N) is 1. The molecule has 2 N–H and O–H groups in total. The second kappa shape index (κ2) is 6.31. The van der Waals surface area contributed by atoms with Gasteiger partial charge in [-0.05, 0) is 24.6 Å². The first kappa shape index (κ1) is 15.6. The Labute approximate surface area is 128 Å². The second-order valence-electron chi connectivity index (χ2n) is 6.57. The standard InChI is InChI=1S/C19H26N2/c1-15-10-12-17(13-11-15)21(4)14-19(2,3)18(20)16-8-6-5-7-9-16/h5-13,18H,14,20H2,1-4H3. The molecule has 2 nitrogen and oxygen atoms in total. The summed E-state index contributed by atoms with van der Waals surface area (Å²) in [6, 6.07) is 19.0. The van der Waals surface area contributed by atoms with Crippen molar-refractivity contribution in [1.29, 1.82) is 0 Å². The topological polar surface area (TPSA) is 29.3 Å². The minimum Gasteiger partial charge on any atom is -0.374 e. The Morgan fingerprint density at radius 1 is 1.00 bits per heavy atom. The van der Waals surface area contributed by atoms with Gasteiger partial charge < -0.3 is 10.6 Å². The molecule has 0 aromatic heterocycles. The largest absolute Gasteiger partial charge is 0.374 e. The highest BCUT2D eigenvalue weighted by molar-refractivity contribution is 5.47. The lowest BCUT2D eigenvalue weighted by Crippen LogP contribution is -2.39. The van der Waals surface area contributed by atoms with Crippen molar-refractivity contribution >= 4 is 5.69 Å². The van der Waals surface area contributed by atoms with Crippen LogP contribution in [0.15, 0.2) is 54.6 Å². The molecule has 0 saturated carbocycles. The number of benzene rings is 2. The van der Waals surface area contributed by atoms with Crippen LogP contribution in [0.4, 0.5) is 5.69 Å². The molecule has 2 rings (SSSR count). The van der Waals surface area contributed by atoms with Crippen LogP contribution in [-0.4, -0.2) is 13.6 Å². The van der Waals surface area contributed by atoms with E-state index in [2.05, 4.69) is 81.2 Å². The Bertz CT molecular complexity index is 558. The first-order valence-corrected chi connectivity index (χ1v) is 7.48. The average molecular weight is 282 g/mol. The van der Waals surface area contributed by atoms with Gasteiger partial charge in [0.05, 0.1) is 0 Å². The van der Waals surface area contributed by atoms with Gasteiger partial charge in [-0.2, -0.15) is 0 Å². The first-order valence-electron chi connectivity index (χ1n) is 7.48. The lowest BCUT2D eigenvalue weighted by Gasteiger charge is -2.36. The van der Waals surface area contributed by atoms with E-state index < -0.39 is 0 Å². The van der Waals surface area contributed by atoms with E-state index in [1.165, 1.54) is 16.8 Å². The summed E-state index contributed by atoms with van der Waals surface area (Å²) in [4.78, 5) is 2.28. The van der Waals surface area contributed by atoms with E-state index >= 15 is 0 Å². The van der Waals surface area contributed by atoms with Crippen LogP contribution in [0, 0.1) is 12.3 Å². The maximum absolute atomic E-state index is 6.50. The summed E-state index contributed by atoms with van der Waals surface area (Å²) in [5.41, 5.74) is 10.2. The second-order valence-corrected chi connectivity index (χ2v) is 6.57. The Hall–Kier alpha value is -1.80. The van der Waals surface area contributed by atoms with E-state index in [0.717, 1.165) is 6.54 Å². The zero-order valence-corrected chi connectivity index (χ0v) is 13.5. The molecule has 2 aromatic carbocycles. The summed E-state index contributed by atoms with van der Waals surface area (Å²) in [6.07, 6.45) is 0. The fraction of sp³-hybridized carbons (Fsp3) is 0.368. The van der Waals surface area contributed by atoms with Crippen LogP contribution in [0.5, 0.6) is 0 Å². The van der Waals surface area contributed by atoms with Crippen molar-refractivity contribution in [3.05, 3.63) is 65.7 Å². The molecule has 112 valence electrons. The highest BCUT2D eigenvalue weighted by Gasteiger charge is 2.29. The van der Waals surface area contributed by atoms with Crippen molar-refractivity contribution in [3.8, 4) is 0 Å². The van der Waals surface area contributed by atoms with Crippen LogP contribution in [-0.2, 0) is 0 Å². The van der Waals surface area contributed by atoms with Crippen molar-refractivity contribution < 1.29 is 0 Å². The number of rotatable bonds is 5. The average Bonchev–Trinajstić information content (AvgIpc) is 2.47. The Morgan fingerprint density at radius 3 is 2.14 bits per heavy atom. The first-order chi connectivity index (χ1) is 9.90. The third-order valence-corrected chi connectivity index (χ3v) is 4.12. The minimum atomic E-state index is -0.0129. The summed E-state index contributed by atoms with van der Waals surface area (Å²) in [6.45, 7) is 7.48. The zero-order chi connectivity index (χ0) is 15.5. The quantitative estimate of drug-likeness (QED) is 0.892. The molecule has 0 bridgehead atoms. The van der Waals surface area contributed by atoms with Crippen molar-refractivity contribution in [2.75, 3.05) is 18.5 Å². The molecule has 0 radical (unpaired) electrons. The molecule has 21 heavy (non-hydrogen) atoms. The summed E-state index contributed by atoms with van der Waals surface area (Å²) in [5.74, 6) is 0. The van der Waals surface area contributed by atoms with Gasteiger partial charge >= 0.3 is 0 Å². The van der Waals surface area contributed by atoms with Gasteiger partial charge in [0, 0.05) is 30.7 Å². The summed E-state index contributed by atoms with van der Waals surface area (Å²) in [5, 5.41) is 0. The molecule has 0 aliphatic carbocycles. The minimum absolute atomic E-state index is 0.0129. The Balaban J connectivity index is 2.11. The van der Waals surface area contributed by atoms with Gasteiger partial charge in [0.25, 0.3) is 0 Å². The molecule has 0 aliphatic heterocycles. The van der Waals surface area contributed by atoms with E-state index in [4.69, 9.17) is 5.73 Å². The van der Waals surface area contributed by atoms with Gasteiger partial charge in [-0.15, -0.1) is 0 Å². The van der Waals surface area contributed by atoms with Crippen LogP contribution in [0.2, 0.25) is 0 Å². The van der Waals surface area contributed by atoms with Crippen LogP contribution >= 0.6 is 0 Å². The fourth-order valence-electron chi connectivity index (χ4n) is 2.71. The molecule has 1 unspecified atom stereocenters. The SMILES string of the molecule is Cc1ccc(N(C)CC(C)(C)C(N)c2ccccc2)cc1. The molecule has 0 saturated heterocycles. The molecule has 0 heterocycles. The van der Waals surface area contributed by atoms with E-state index in [9.17, 15) is 0 Å². The summed E-state index contributed by atoms with van der Waals surface area (Å²) >= 11 is 0. The number of nitrogens with zero attached hydrogens (tertiary/aromatic N) is 1. The summed E-state index contributed by atoms with van der Waals surface area (Å²) in [7, 11) is 2.13. The van der Waals surface area contributed by atoms with Gasteiger partial charge in [-0.25, -0.2) is 0 Å². The highest BCUT2D eigenvalue weighted by atomic mass is 15.1. The lowest BCUT2D eigenvalue weighted by molar-refractivity contribution is 0.296. The maximum Gasteiger partial charge on any atom is 0.0363 e. The normalized spacial score (nSPS) is 13.0. The van der Waals surface area contributed by atoms with Crippen LogP contribution in [0.3, 0.4) is 0 Å². The van der Waals surface area contributed by atoms with E-state index in [-0.39, 0.29) is 11.5 Å². The van der Waals surface area contributed by atoms with Gasteiger partial charge in [0.2, 0.25) is 0 Å². The van der Waals surface area contributed by atoms with E-state index in [1.54, 1.807) is 0 Å². The van der Waals surface area contributed by atoms with Crippen molar-refractivity contribution in [2.45, 2.75) is 26.8 Å². The molecule has 0 aliphatic rings. The number of aryl methyl sites for hydroxylation is 1. The third kappa shape index (κ3) is 3.85. The monoisotopic (exact) mass is 282 g/mol. The Morgan fingerprint density at radius 2 is 1.57 bits per heavy atom. The van der Waals surface area contributed by atoms with Crippen molar-refractivity contribution in [2.24, 2.45) is 11.1 Å². The van der Waals surface area contributed by atoms with Crippen LogP contribution in [0.25, 0.3) is 0 Å². The van der Waals surface area contributed by atoms with Gasteiger partial charge in [0.15, 0.2) is 0 Å². The predicted molar refractivity (Wildman–Crippen MR) is 91.6 cm³/mol. The number of anilines is 1. The molecule has 0 spiro atoms. The molecule has 2 heteroatoms. The van der Waals surface area contributed by atoms with Crippen LogP contribution < -0.4 is 10.6 Å². The lowest BCUT2D eigenvalue weighted by atomic mass is 9.80. The van der Waals surface area contributed by atoms with Crippen molar-refractivity contribution in [3.63, 3.8) is 0 Å². The Kier molecular flexibility index (Phi) is 4.69. The van der Waals surface area contributed by atoms with Gasteiger partial charge in [-0.1, -0.05) is 61.9 Å². The molecule has 0 fully saturated rings. The van der Waals surface area contributed by atoms with E-state index in [0.29, 0.717) is 0 Å². The fourth-order valence-corrected chi connectivity index (χ4v) is 2.71. The zero-order valence-electron chi connectivity index (χ0n) is 13.5. The molecule has 2 aromatic rings. The molecular weight excluding hydrogens is 256 g/mol. The highest BCUT2D eigenvalue weighted by Crippen LogP contribution is 2.33. The van der Waals surface area contributed by atoms with Gasteiger partial charge in [-0.3, -0.25) is 0 Å². The predicted octanol–water partition coefficient (Wildman–Crippen LogP) is 4.16. The molecule has 1 atom stereocenters. The van der Waals surface area contributed by atoms with Crippen molar-refractivity contribution in [1.82, 2.24) is 0 Å². The van der Waals surface area contributed by atoms with Gasteiger partial charge in [0.1, 0.15) is 0 Å². The molecular formula is C19H26N2. The summed E-state index contributed by atoms with van der Waals surface area (Å²) < 4.78 is 0. The van der Waals surface area contributed by atoms with Crippen LogP contribution in [0.1, 0.15) is 31.0 Å². The smallest absolute Gasteiger partial charge is 0.0363 e. The maximum atomic E-state index is 6.50. The third-order valence-electron chi connectivity index (χ3n) is 4.12.